The minimum atomic E-state index is 0.924. The van der Waals surface area contributed by atoms with Crippen LogP contribution in [0, 0.1) is 11.8 Å². The fourth-order valence-electron chi connectivity index (χ4n) is 3.15. The van der Waals surface area contributed by atoms with Crippen LogP contribution < -0.4 is 0 Å². The number of hydrogen-bond donors (Lipinski definition) is 0. The molecular weight excluding hydrogens is 200 g/mol. The minimum absolute atomic E-state index is 0.924. The van der Waals surface area contributed by atoms with E-state index in [1.807, 2.05) is 0 Å². The largest absolute Gasteiger partial charge is 0.155 e. The van der Waals surface area contributed by atoms with Gasteiger partial charge in [-0.25, -0.2) is 0 Å². The molecule has 2 rings (SSSR count). The second kappa shape index (κ2) is 5.25. The molecular formula is C14H22S. The van der Waals surface area contributed by atoms with Crippen molar-refractivity contribution in [3.05, 3.63) is 25.3 Å². The highest BCUT2D eigenvalue weighted by Gasteiger charge is 2.37. The third-order valence-electron chi connectivity index (χ3n) is 3.98. The van der Waals surface area contributed by atoms with Crippen molar-refractivity contribution in [1.29, 1.82) is 0 Å². The summed E-state index contributed by atoms with van der Waals surface area (Å²) in [4.78, 5) is 0. The van der Waals surface area contributed by atoms with Crippen molar-refractivity contribution in [2.45, 2.75) is 49.0 Å². The van der Waals surface area contributed by atoms with Crippen molar-refractivity contribution in [1.82, 2.24) is 0 Å². The molecule has 0 nitrogen and oxygen atoms in total. The topological polar surface area (TPSA) is 0 Å². The van der Waals surface area contributed by atoms with Gasteiger partial charge >= 0.3 is 0 Å². The van der Waals surface area contributed by atoms with E-state index in [1.165, 1.54) is 38.5 Å². The van der Waals surface area contributed by atoms with Gasteiger partial charge in [-0.15, -0.1) is 13.2 Å². The van der Waals surface area contributed by atoms with Gasteiger partial charge in [-0.05, 0) is 50.4 Å². The van der Waals surface area contributed by atoms with Gasteiger partial charge in [0.05, 0.1) is 0 Å². The zero-order chi connectivity index (χ0) is 10.7. The van der Waals surface area contributed by atoms with Crippen LogP contribution in [0.25, 0.3) is 0 Å². The fourth-order valence-corrected chi connectivity index (χ4v) is 5.08. The van der Waals surface area contributed by atoms with Gasteiger partial charge in [-0.2, -0.15) is 11.8 Å². The molecule has 4 atom stereocenters. The molecule has 0 spiro atoms. The first-order valence-corrected chi connectivity index (χ1v) is 7.16. The van der Waals surface area contributed by atoms with Crippen LogP contribution in [0.1, 0.15) is 38.5 Å². The van der Waals surface area contributed by atoms with E-state index in [2.05, 4.69) is 37.1 Å². The van der Waals surface area contributed by atoms with Gasteiger partial charge in [-0.1, -0.05) is 12.2 Å². The Morgan fingerprint density at radius 3 is 1.73 bits per heavy atom. The third kappa shape index (κ3) is 2.50. The smallest absolute Gasteiger partial charge is 0.00812 e. The first-order chi connectivity index (χ1) is 7.35. The van der Waals surface area contributed by atoms with E-state index in [1.54, 1.807) is 0 Å². The number of allylic oxidation sites excluding steroid dienone is 2. The van der Waals surface area contributed by atoms with Crippen molar-refractivity contribution in [2.24, 2.45) is 11.8 Å². The molecule has 2 aliphatic heterocycles. The highest BCUT2D eigenvalue weighted by Crippen LogP contribution is 2.48. The summed E-state index contributed by atoms with van der Waals surface area (Å²) in [5, 5.41) is 1.87. The normalized spacial score (nSPS) is 39.7. The van der Waals surface area contributed by atoms with Gasteiger partial charge in [0.15, 0.2) is 0 Å². The van der Waals surface area contributed by atoms with Crippen LogP contribution >= 0.6 is 11.8 Å². The van der Waals surface area contributed by atoms with Crippen LogP contribution in [0.4, 0.5) is 0 Å². The Kier molecular flexibility index (Phi) is 3.96. The summed E-state index contributed by atoms with van der Waals surface area (Å²) in [5.41, 5.74) is 0. The summed E-state index contributed by atoms with van der Waals surface area (Å²) < 4.78 is 0. The van der Waals surface area contributed by atoms with Crippen LogP contribution in [-0.4, -0.2) is 10.5 Å². The second-order valence-corrected chi connectivity index (χ2v) is 6.42. The molecule has 15 heavy (non-hydrogen) atoms. The van der Waals surface area contributed by atoms with Crippen molar-refractivity contribution < 1.29 is 0 Å². The molecule has 1 heteroatoms. The Labute approximate surface area is 98.2 Å². The minimum Gasteiger partial charge on any atom is -0.155 e. The van der Waals surface area contributed by atoms with E-state index in [0.29, 0.717) is 0 Å². The lowest BCUT2D eigenvalue weighted by molar-refractivity contribution is 0.310. The summed E-state index contributed by atoms with van der Waals surface area (Å²) >= 11 is 2.27. The van der Waals surface area contributed by atoms with Crippen molar-refractivity contribution in [2.75, 3.05) is 0 Å². The van der Waals surface area contributed by atoms with E-state index in [9.17, 15) is 0 Å². The highest BCUT2D eigenvalue weighted by atomic mass is 32.2. The Hall–Kier alpha value is -0.170. The Morgan fingerprint density at radius 1 is 0.867 bits per heavy atom. The Balaban J connectivity index is 1.93. The van der Waals surface area contributed by atoms with Crippen LogP contribution in [-0.2, 0) is 0 Å². The first kappa shape index (κ1) is 11.3. The van der Waals surface area contributed by atoms with Crippen LogP contribution in [0.5, 0.6) is 0 Å². The van der Waals surface area contributed by atoms with E-state index < -0.39 is 0 Å². The second-order valence-electron chi connectivity index (χ2n) is 4.94. The molecule has 0 saturated carbocycles. The monoisotopic (exact) mass is 222 g/mol. The van der Waals surface area contributed by atoms with Gasteiger partial charge in [0.25, 0.3) is 0 Å². The number of hydrogen-bond acceptors (Lipinski definition) is 1. The summed E-state index contributed by atoms with van der Waals surface area (Å²) in [6.45, 7) is 7.76. The molecule has 84 valence electrons. The predicted molar refractivity (Wildman–Crippen MR) is 70.2 cm³/mol. The Bertz CT molecular complexity index is 209. The average Bonchev–Trinajstić information content (AvgIpc) is 2.26. The molecule has 0 unspecified atom stereocenters. The fraction of sp³-hybridized carbons (Fsp3) is 0.714. The van der Waals surface area contributed by atoms with Crippen molar-refractivity contribution in [3.8, 4) is 0 Å². The molecule has 0 aromatic heterocycles. The maximum atomic E-state index is 3.88. The molecule has 0 radical (unpaired) electrons. The first-order valence-electron chi connectivity index (χ1n) is 6.22. The lowest BCUT2D eigenvalue weighted by Crippen LogP contribution is -2.36. The highest BCUT2D eigenvalue weighted by molar-refractivity contribution is 8.00. The molecule has 2 heterocycles. The number of rotatable bonds is 4. The van der Waals surface area contributed by atoms with E-state index in [4.69, 9.17) is 0 Å². The van der Waals surface area contributed by atoms with Crippen LogP contribution in [0.2, 0.25) is 0 Å². The summed E-state index contributed by atoms with van der Waals surface area (Å²) in [6, 6.07) is 0. The molecule has 2 aliphatic rings. The summed E-state index contributed by atoms with van der Waals surface area (Å²) in [5.74, 6) is 1.85. The van der Waals surface area contributed by atoms with Gasteiger partial charge in [0.2, 0.25) is 0 Å². The van der Waals surface area contributed by atoms with E-state index >= 15 is 0 Å². The summed E-state index contributed by atoms with van der Waals surface area (Å²) in [6.07, 6.45) is 12.4. The average molecular weight is 222 g/mol. The summed E-state index contributed by atoms with van der Waals surface area (Å²) in [7, 11) is 0. The molecule has 0 aromatic rings. The molecule has 2 fully saturated rings. The number of thioether (sulfide) groups is 1. The quantitative estimate of drug-likeness (QED) is 0.634. The predicted octanol–water partition coefficient (Wildman–Crippen LogP) is 4.43. The molecule has 0 amide bonds. The Morgan fingerprint density at radius 2 is 1.33 bits per heavy atom. The lowest BCUT2D eigenvalue weighted by atomic mass is 9.81. The van der Waals surface area contributed by atoms with Gasteiger partial charge in [0.1, 0.15) is 0 Å². The van der Waals surface area contributed by atoms with Crippen LogP contribution in [0.15, 0.2) is 25.3 Å². The van der Waals surface area contributed by atoms with Crippen LogP contribution in [0.3, 0.4) is 0 Å². The van der Waals surface area contributed by atoms with Crippen molar-refractivity contribution in [3.63, 3.8) is 0 Å². The van der Waals surface area contributed by atoms with Gasteiger partial charge in [-0.3, -0.25) is 0 Å². The van der Waals surface area contributed by atoms with E-state index in [-0.39, 0.29) is 0 Å². The molecule has 2 saturated heterocycles. The lowest BCUT2D eigenvalue weighted by Gasteiger charge is -2.43. The maximum absolute atomic E-state index is 3.88. The van der Waals surface area contributed by atoms with Crippen molar-refractivity contribution >= 4 is 11.8 Å². The molecule has 2 bridgehead atoms. The van der Waals surface area contributed by atoms with E-state index in [0.717, 1.165) is 22.3 Å². The van der Waals surface area contributed by atoms with Gasteiger partial charge < -0.3 is 0 Å². The SMILES string of the molecule is C=CC[C@@H]1CC[C@H]2S[C@@H]1CC[C@H]2CC=C. The number of fused-ring (bicyclic) bond motifs is 2. The van der Waals surface area contributed by atoms with Gasteiger partial charge in [0, 0.05) is 10.5 Å². The zero-order valence-corrected chi connectivity index (χ0v) is 10.3. The standard InChI is InChI=1S/C14H22S/c1-3-5-11-7-9-14-12(6-4-2)8-10-13(11)15-14/h3-4,11-14H,1-2,5-10H2/t11-,12-,13-,14-/m1/s1. The third-order valence-corrected chi connectivity index (χ3v) is 5.92. The maximum Gasteiger partial charge on any atom is 0.00812 e. The molecule has 0 aliphatic carbocycles. The molecule has 0 N–H and O–H groups in total. The zero-order valence-electron chi connectivity index (χ0n) is 9.53. The molecule has 0 aromatic carbocycles.